The molecule has 0 unspecified atom stereocenters. The molecular weight excluding hydrogens is 554 g/mol. The van der Waals surface area contributed by atoms with E-state index in [-0.39, 0.29) is 59.8 Å². The molecule has 0 N–H and O–H groups in total. The summed E-state index contributed by atoms with van der Waals surface area (Å²) in [4.78, 5) is 0. The molecule has 0 saturated heterocycles. The van der Waals surface area contributed by atoms with E-state index in [1.807, 2.05) is 0 Å². The molecule has 116 valence electrons. The van der Waals surface area contributed by atoms with Crippen molar-refractivity contribution in [1.29, 1.82) is 0 Å². The first-order valence-electron chi connectivity index (χ1n) is 6.99. The second-order valence-electron chi connectivity index (χ2n) is 5.78. The van der Waals surface area contributed by atoms with Gasteiger partial charge < -0.3 is 34.0 Å². The van der Waals surface area contributed by atoms with Crippen LogP contribution in [-0.4, -0.2) is 0 Å². The maximum Gasteiger partial charge on any atom is 4.00 e. The Bertz CT molecular complexity index is 349. The Balaban J connectivity index is -0.000000270. The van der Waals surface area contributed by atoms with Crippen LogP contribution in [0.1, 0.15) is 38.8 Å². The predicted molar refractivity (Wildman–Crippen MR) is 81.2 cm³/mol. The molecule has 0 bridgehead atoms. The van der Waals surface area contributed by atoms with Gasteiger partial charge in [-0.15, -0.1) is 0 Å². The van der Waals surface area contributed by atoms with Crippen molar-refractivity contribution in [2.24, 2.45) is 11.8 Å². The van der Waals surface area contributed by atoms with Crippen molar-refractivity contribution >= 4 is 0 Å². The van der Waals surface area contributed by atoms with Gasteiger partial charge in [0.05, 0.1) is 0 Å². The number of hydrogen-bond acceptors (Lipinski definition) is 0. The van der Waals surface area contributed by atoms with E-state index in [0.717, 1.165) is 11.8 Å². The molecule has 0 heterocycles. The number of hydrogen-bond donors (Lipinski definition) is 0. The van der Waals surface area contributed by atoms with E-state index in [1.54, 1.807) is 0 Å². The van der Waals surface area contributed by atoms with Gasteiger partial charge in [0.1, 0.15) is 0 Å². The van der Waals surface area contributed by atoms with E-state index in [1.165, 1.54) is 24.0 Å². The Hall–Kier alpha value is 0.530. The van der Waals surface area contributed by atoms with Crippen molar-refractivity contribution in [3.05, 3.63) is 59.7 Å². The molecule has 3 heteroatoms. The first kappa shape index (κ1) is 26.4. The maximum absolute atomic E-state index is 2.24. The van der Waals surface area contributed by atoms with Crippen LogP contribution in [0, 0.1) is 11.8 Å². The summed E-state index contributed by atoms with van der Waals surface area (Å²) in [6.07, 6.45) is 2.43. The summed E-state index contributed by atoms with van der Waals surface area (Å²) in [6, 6.07) is 17.1. The van der Waals surface area contributed by atoms with Gasteiger partial charge in [0.25, 0.3) is 0 Å². The number of halogens is 2. The van der Waals surface area contributed by atoms with Gasteiger partial charge in [0, 0.05) is 0 Å². The number of rotatable bonds is 4. The normalized spacial score (nSPS) is 9.05. The Morgan fingerprint density at radius 3 is 1.05 bits per heavy atom. The summed E-state index contributed by atoms with van der Waals surface area (Å²) in [6.45, 7) is 8.97. The van der Waals surface area contributed by atoms with E-state index in [9.17, 15) is 0 Å². The van der Waals surface area contributed by atoms with E-state index in [0.29, 0.717) is 0 Å². The summed E-state index contributed by atoms with van der Waals surface area (Å²) in [5.74, 6) is 1.57. The molecule has 0 aromatic heterocycles. The minimum absolute atomic E-state index is 0. The molecule has 0 spiro atoms. The van der Waals surface area contributed by atoms with Gasteiger partial charge in [0.2, 0.25) is 0 Å². The zero-order chi connectivity index (χ0) is 13.4. The summed E-state index contributed by atoms with van der Waals surface area (Å²) >= 11 is 0. The van der Waals surface area contributed by atoms with E-state index < -0.39 is 0 Å². The molecule has 0 atom stereocenters. The van der Waals surface area contributed by atoms with Crippen molar-refractivity contribution in [2.45, 2.75) is 40.5 Å². The smallest absolute Gasteiger partial charge is 1.00 e. The van der Waals surface area contributed by atoms with Crippen LogP contribution >= 0.6 is 0 Å². The van der Waals surface area contributed by atoms with Gasteiger partial charge in [-0.3, -0.25) is 0 Å². The molecule has 0 aliphatic carbocycles. The quantitative estimate of drug-likeness (QED) is 0.329. The van der Waals surface area contributed by atoms with Crippen LogP contribution in [0.25, 0.3) is 0 Å². The molecule has 2 aromatic carbocycles. The fraction of sp³-hybridized carbons (Fsp3) is 0.444. The Kier molecular flexibility index (Phi) is 19.4. The van der Waals surface area contributed by atoms with E-state index >= 15 is 0 Å². The fourth-order valence-electron chi connectivity index (χ4n) is 2.04. The van der Waals surface area contributed by atoms with Crippen LogP contribution in [0.15, 0.2) is 48.5 Å². The monoisotopic (exact) mass is 580 g/mol. The minimum atomic E-state index is 0. The van der Waals surface area contributed by atoms with Gasteiger partial charge in [0.15, 0.2) is 0 Å². The van der Waals surface area contributed by atoms with E-state index in [4.69, 9.17) is 0 Å². The van der Waals surface area contributed by atoms with Crippen LogP contribution in [0.4, 0.5) is 0 Å². The molecule has 21 heavy (non-hydrogen) atoms. The molecule has 2 aromatic rings. The molecular formula is C18H26Br2Hf. The van der Waals surface area contributed by atoms with Crippen molar-refractivity contribution in [3.8, 4) is 0 Å². The van der Waals surface area contributed by atoms with Gasteiger partial charge in [-0.25, -0.2) is 24.3 Å². The van der Waals surface area contributed by atoms with Gasteiger partial charge >= 0.3 is 25.8 Å². The third-order valence-corrected chi connectivity index (χ3v) is 2.75. The average molecular weight is 581 g/mol. The van der Waals surface area contributed by atoms with Crippen LogP contribution in [-0.2, 0) is 38.7 Å². The van der Waals surface area contributed by atoms with Crippen LogP contribution in [0.2, 0.25) is 0 Å². The summed E-state index contributed by atoms with van der Waals surface area (Å²) in [5, 5.41) is 0. The SMILES string of the molecule is CC(C)C[c-]1cccc1.CC(C)C[c-]1cccc1.[Br-].[Br-].[Hf+4]. The zero-order valence-electron chi connectivity index (χ0n) is 13.4. The standard InChI is InChI=1S/2C9H13.2BrH.Hf/c2*1-8(2)7-9-5-3-4-6-9;;;/h2*3-6,8H,7H2,1-2H3;2*1H;/q2*-1;;;+4/p-2. The Morgan fingerprint density at radius 2 is 0.857 bits per heavy atom. The first-order valence-corrected chi connectivity index (χ1v) is 6.99. The third kappa shape index (κ3) is 13.9. The molecule has 0 fully saturated rings. The average Bonchev–Trinajstić information content (AvgIpc) is 2.90. The van der Waals surface area contributed by atoms with Crippen LogP contribution < -0.4 is 34.0 Å². The van der Waals surface area contributed by atoms with Gasteiger partial charge in [-0.1, -0.05) is 52.4 Å². The van der Waals surface area contributed by atoms with Crippen molar-refractivity contribution in [2.75, 3.05) is 0 Å². The molecule has 0 aliphatic rings. The maximum atomic E-state index is 2.24. The second kappa shape index (κ2) is 15.4. The largest absolute Gasteiger partial charge is 4.00 e. The topological polar surface area (TPSA) is 0 Å². The third-order valence-electron chi connectivity index (χ3n) is 2.75. The summed E-state index contributed by atoms with van der Waals surface area (Å²) in [7, 11) is 0. The minimum Gasteiger partial charge on any atom is -1.00 e. The molecule has 0 amide bonds. The molecule has 0 saturated carbocycles. The van der Waals surface area contributed by atoms with Gasteiger partial charge in [-0.2, -0.15) is 35.4 Å². The first-order chi connectivity index (χ1) is 8.58. The van der Waals surface area contributed by atoms with E-state index in [2.05, 4.69) is 76.2 Å². The zero-order valence-corrected chi connectivity index (χ0v) is 20.2. The Labute approximate surface area is 170 Å². The Morgan fingerprint density at radius 1 is 0.619 bits per heavy atom. The summed E-state index contributed by atoms with van der Waals surface area (Å²) in [5.41, 5.74) is 2.93. The van der Waals surface area contributed by atoms with Crippen molar-refractivity contribution in [1.82, 2.24) is 0 Å². The van der Waals surface area contributed by atoms with Crippen molar-refractivity contribution < 1.29 is 59.8 Å². The van der Waals surface area contributed by atoms with Crippen LogP contribution in [0.3, 0.4) is 0 Å². The second-order valence-corrected chi connectivity index (χ2v) is 5.78. The van der Waals surface area contributed by atoms with Gasteiger partial charge in [-0.05, 0) is 0 Å². The van der Waals surface area contributed by atoms with Crippen LogP contribution in [0.5, 0.6) is 0 Å². The van der Waals surface area contributed by atoms with Crippen molar-refractivity contribution in [3.63, 3.8) is 0 Å². The molecule has 0 radical (unpaired) electrons. The predicted octanol–water partition coefficient (Wildman–Crippen LogP) is -0.786. The molecule has 0 nitrogen and oxygen atoms in total. The molecule has 0 aliphatic heterocycles. The molecule has 2 rings (SSSR count). The fourth-order valence-corrected chi connectivity index (χ4v) is 2.04. The summed E-state index contributed by atoms with van der Waals surface area (Å²) < 4.78 is 0.